The molecule has 0 saturated heterocycles. The molecule has 5 aromatic rings. The van der Waals surface area contributed by atoms with Gasteiger partial charge in [-0.3, -0.25) is 4.40 Å². The molecule has 1 aliphatic rings. The zero-order chi connectivity index (χ0) is 22.4. The van der Waals surface area contributed by atoms with Crippen molar-refractivity contribution in [2.45, 2.75) is 18.8 Å². The van der Waals surface area contributed by atoms with Gasteiger partial charge in [0.15, 0.2) is 5.82 Å². The summed E-state index contributed by atoms with van der Waals surface area (Å²) in [7, 11) is 4.29. The van der Waals surface area contributed by atoms with Gasteiger partial charge in [0.25, 0.3) is 0 Å². The van der Waals surface area contributed by atoms with Crippen LogP contribution >= 0.6 is 11.3 Å². The maximum absolute atomic E-state index is 4.88. The average Bonchev–Trinajstić information content (AvgIpc) is 3.46. The van der Waals surface area contributed by atoms with Gasteiger partial charge in [0, 0.05) is 35.9 Å². The minimum absolute atomic E-state index is 0.522. The molecular formula is C26H26N6S. The highest BCUT2D eigenvalue weighted by atomic mass is 32.1. The summed E-state index contributed by atoms with van der Waals surface area (Å²) in [5, 5.41) is 6.70. The Labute approximate surface area is 197 Å². The van der Waals surface area contributed by atoms with Crippen molar-refractivity contribution >= 4 is 39.3 Å². The van der Waals surface area contributed by atoms with Crippen molar-refractivity contribution in [2.75, 3.05) is 26.0 Å². The molecule has 6 nitrogen and oxygen atoms in total. The van der Waals surface area contributed by atoms with Gasteiger partial charge in [0.05, 0.1) is 22.3 Å². The number of nitrogens with one attached hydrogen (secondary N) is 1. The molecule has 33 heavy (non-hydrogen) atoms. The molecule has 0 amide bonds. The Hall–Kier alpha value is -3.29. The first-order chi connectivity index (χ1) is 16.1. The molecule has 4 aromatic heterocycles. The van der Waals surface area contributed by atoms with Crippen LogP contribution in [0.5, 0.6) is 0 Å². The third-order valence-corrected chi connectivity index (χ3v) is 7.33. The van der Waals surface area contributed by atoms with Crippen LogP contribution < -0.4 is 5.32 Å². The summed E-state index contributed by atoms with van der Waals surface area (Å²) >= 11 is 1.71. The van der Waals surface area contributed by atoms with Gasteiger partial charge in [-0.2, -0.15) is 0 Å². The zero-order valence-electron chi connectivity index (χ0n) is 18.8. The Bertz CT molecular complexity index is 1420. The van der Waals surface area contributed by atoms with Gasteiger partial charge in [-0.1, -0.05) is 18.2 Å². The minimum Gasteiger partial charge on any atom is -0.338 e. The van der Waals surface area contributed by atoms with Gasteiger partial charge in [-0.15, -0.1) is 11.3 Å². The number of aromatic nitrogens is 4. The predicted octanol–water partition coefficient (Wildman–Crippen LogP) is 5.80. The van der Waals surface area contributed by atoms with Crippen molar-refractivity contribution in [3.05, 3.63) is 72.3 Å². The number of imidazole rings is 1. The molecule has 4 heterocycles. The van der Waals surface area contributed by atoms with E-state index in [4.69, 9.17) is 9.97 Å². The second-order valence-electron chi connectivity index (χ2n) is 9.15. The topological polar surface area (TPSA) is 58.4 Å². The standard InChI is InChI=1S/C26H26N6S/c1-31(2)16-17-12-19(13-17)26-28-15-23-25(27-9-10-32(23)26)29-20-7-5-18-6-8-21(30-22(18)14-20)24-4-3-11-33-24/h3-11,14-15,17,19H,12-13,16H2,1-2H3,(H,27,29). The van der Waals surface area contributed by atoms with Crippen LogP contribution in [0.25, 0.3) is 27.0 Å². The van der Waals surface area contributed by atoms with E-state index in [2.05, 4.69) is 81.5 Å². The van der Waals surface area contributed by atoms with Gasteiger partial charge < -0.3 is 10.2 Å². The van der Waals surface area contributed by atoms with E-state index in [1.165, 1.54) is 17.7 Å². The van der Waals surface area contributed by atoms with Crippen LogP contribution in [-0.4, -0.2) is 44.9 Å². The molecule has 0 radical (unpaired) electrons. The molecule has 1 aromatic carbocycles. The van der Waals surface area contributed by atoms with Crippen LogP contribution in [-0.2, 0) is 0 Å². The number of rotatable bonds is 6. The van der Waals surface area contributed by atoms with E-state index in [0.29, 0.717) is 5.92 Å². The van der Waals surface area contributed by atoms with E-state index in [1.54, 1.807) is 11.3 Å². The van der Waals surface area contributed by atoms with Crippen LogP contribution in [0.1, 0.15) is 24.6 Å². The number of anilines is 2. The monoisotopic (exact) mass is 454 g/mol. The molecule has 1 fully saturated rings. The molecule has 0 aliphatic heterocycles. The number of pyridine rings is 1. The highest BCUT2D eigenvalue weighted by Gasteiger charge is 2.33. The lowest BCUT2D eigenvalue weighted by Crippen LogP contribution is -2.32. The van der Waals surface area contributed by atoms with Crippen molar-refractivity contribution in [3.63, 3.8) is 0 Å². The fourth-order valence-electron chi connectivity index (χ4n) is 4.85. The molecule has 0 bridgehead atoms. The molecule has 0 atom stereocenters. The summed E-state index contributed by atoms with van der Waals surface area (Å²) < 4.78 is 2.19. The predicted molar refractivity (Wildman–Crippen MR) is 135 cm³/mol. The molecule has 0 spiro atoms. The summed E-state index contributed by atoms with van der Waals surface area (Å²) in [6.45, 7) is 1.15. The highest BCUT2D eigenvalue weighted by molar-refractivity contribution is 7.13. The van der Waals surface area contributed by atoms with Crippen molar-refractivity contribution in [1.29, 1.82) is 0 Å². The van der Waals surface area contributed by atoms with Crippen LogP contribution in [0.15, 0.2) is 66.4 Å². The van der Waals surface area contributed by atoms with E-state index in [9.17, 15) is 0 Å². The normalized spacial score (nSPS) is 18.2. The Morgan fingerprint density at radius 2 is 2.00 bits per heavy atom. The highest BCUT2D eigenvalue weighted by Crippen LogP contribution is 2.41. The number of thiophene rings is 1. The number of hydrogen-bond acceptors (Lipinski definition) is 6. The lowest BCUT2D eigenvalue weighted by Gasteiger charge is -2.36. The first-order valence-electron chi connectivity index (χ1n) is 11.3. The van der Waals surface area contributed by atoms with Gasteiger partial charge >= 0.3 is 0 Å². The fourth-order valence-corrected chi connectivity index (χ4v) is 5.55. The molecule has 7 heteroatoms. The number of hydrogen-bond donors (Lipinski definition) is 1. The molecule has 1 aliphatic carbocycles. The Kier molecular flexibility index (Phi) is 5.08. The Morgan fingerprint density at radius 3 is 2.82 bits per heavy atom. The fraction of sp³-hybridized carbons (Fsp3) is 0.269. The molecule has 166 valence electrons. The van der Waals surface area contributed by atoms with E-state index in [0.717, 1.165) is 51.9 Å². The third-order valence-electron chi connectivity index (χ3n) is 6.44. The number of benzene rings is 1. The molecule has 0 unspecified atom stereocenters. The number of nitrogens with zero attached hydrogens (tertiary/aromatic N) is 5. The second-order valence-corrected chi connectivity index (χ2v) is 10.1. The second kappa shape index (κ2) is 8.24. The van der Waals surface area contributed by atoms with Crippen molar-refractivity contribution in [1.82, 2.24) is 24.3 Å². The minimum atomic E-state index is 0.522. The molecular weight excluding hydrogens is 428 g/mol. The first kappa shape index (κ1) is 20.3. The average molecular weight is 455 g/mol. The van der Waals surface area contributed by atoms with Gasteiger partial charge in [0.2, 0.25) is 0 Å². The largest absolute Gasteiger partial charge is 0.338 e. The van der Waals surface area contributed by atoms with Crippen molar-refractivity contribution in [2.24, 2.45) is 5.92 Å². The summed E-state index contributed by atoms with van der Waals surface area (Å²) in [4.78, 5) is 17.7. The van der Waals surface area contributed by atoms with Gasteiger partial charge in [-0.05, 0) is 62.5 Å². The lowest BCUT2D eigenvalue weighted by molar-refractivity contribution is 0.194. The van der Waals surface area contributed by atoms with Crippen LogP contribution in [0.4, 0.5) is 11.5 Å². The zero-order valence-corrected chi connectivity index (χ0v) is 19.6. The molecule has 6 rings (SSSR count). The maximum Gasteiger partial charge on any atom is 0.156 e. The van der Waals surface area contributed by atoms with E-state index >= 15 is 0 Å². The Balaban J connectivity index is 1.27. The summed E-state index contributed by atoms with van der Waals surface area (Å²) in [5.41, 5.74) is 3.94. The van der Waals surface area contributed by atoms with Crippen LogP contribution in [0, 0.1) is 5.92 Å². The van der Waals surface area contributed by atoms with Crippen LogP contribution in [0.2, 0.25) is 0 Å². The molecule has 1 saturated carbocycles. The molecule has 1 N–H and O–H groups in total. The first-order valence-corrected chi connectivity index (χ1v) is 12.2. The Morgan fingerprint density at radius 1 is 1.12 bits per heavy atom. The van der Waals surface area contributed by atoms with Gasteiger partial charge in [0.1, 0.15) is 11.3 Å². The quantitative estimate of drug-likeness (QED) is 0.351. The maximum atomic E-state index is 4.88. The number of fused-ring (bicyclic) bond motifs is 2. The van der Waals surface area contributed by atoms with E-state index in [1.807, 2.05) is 18.6 Å². The van der Waals surface area contributed by atoms with Gasteiger partial charge in [-0.25, -0.2) is 15.0 Å². The van der Waals surface area contributed by atoms with Crippen molar-refractivity contribution < 1.29 is 0 Å². The van der Waals surface area contributed by atoms with Crippen LogP contribution in [0.3, 0.4) is 0 Å². The SMILES string of the molecule is CN(C)CC1CC(c2ncc3c(Nc4ccc5ccc(-c6cccs6)nc5c4)nccn23)C1. The third kappa shape index (κ3) is 3.87. The summed E-state index contributed by atoms with van der Waals surface area (Å²) in [6, 6.07) is 14.6. The summed E-state index contributed by atoms with van der Waals surface area (Å²) in [6.07, 6.45) is 8.22. The smallest absolute Gasteiger partial charge is 0.156 e. The van der Waals surface area contributed by atoms with E-state index in [-0.39, 0.29) is 0 Å². The van der Waals surface area contributed by atoms with E-state index < -0.39 is 0 Å². The summed E-state index contributed by atoms with van der Waals surface area (Å²) in [5.74, 6) is 3.24. The van der Waals surface area contributed by atoms with Crippen molar-refractivity contribution in [3.8, 4) is 10.6 Å². The lowest BCUT2D eigenvalue weighted by atomic mass is 9.74.